The van der Waals surface area contributed by atoms with Crippen molar-refractivity contribution in [3.63, 3.8) is 0 Å². The summed E-state index contributed by atoms with van der Waals surface area (Å²) in [7, 11) is 0. The first-order valence-corrected chi connectivity index (χ1v) is 4.56. The highest BCUT2D eigenvalue weighted by Gasteiger charge is 2.17. The quantitative estimate of drug-likeness (QED) is 0.834. The number of carboxylic acids is 1. The van der Waals surface area contributed by atoms with Crippen molar-refractivity contribution in [2.24, 2.45) is 5.73 Å². The van der Waals surface area contributed by atoms with Crippen LogP contribution in [-0.4, -0.2) is 11.1 Å². The third-order valence-corrected chi connectivity index (χ3v) is 2.91. The number of hydrogen-bond donors (Lipinski definition) is 2. The molecule has 0 saturated carbocycles. The van der Waals surface area contributed by atoms with Crippen molar-refractivity contribution in [3.8, 4) is 0 Å². The smallest absolute Gasteiger partial charge is 0.325 e. The largest absolute Gasteiger partial charge is 0.480 e. The molecule has 1 rings (SSSR count). The minimum atomic E-state index is -1.02. The SMILES string of the molecule is Cc1cccc([C@@H](N)C(=O)O)c1Br. The Kier molecular flexibility index (Phi) is 3.06. The number of rotatable bonds is 2. The van der Waals surface area contributed by atoms with Crippen LogP contribution < -0.4 is 5.73 Å². The summed E-state index contributed by atoms with van der Waals surface area (Å²) >= 11 is 3.31. The Labute approximate surface area is 84.7 Å². The highest BCUT2D eigenvalue weighted by atomic mass is 79.9. The van der Waals surface area contributed by atoms with Crippen LogP contribution in [0.3, 0.4) is 0 Å². The van der Waals surface area contributed by atoms with Crippen LogP contribution in [0.5, 0.6) is 0 Å². The average molecular weight is 244 g/mol. The predicted molar refractivity (Wildman–Crippen MR) is 53.4 cm³/mol. The minimum Gasteiger partial charge on any atom is -0.480 e. The summed E-state index contributed by atoms with van der Waals surface area (Å²) in [5.74, 6) is -1.02. The molecule has 0 aliphatic carbocycles. The second kappa shape index (κ2) is 3.89. The zero-order valence-electron chi connectivity index (χ0n) is 7.12. The molecule has 0 bridgehead atoms. The van der Waals surface area contributed by atoms with Crippen molar-refractivity contribution >= 4 is 21.9 Å². The van der Waals surface area contributed by atoms with E-state index in [9.17, 15) is 4.79 Å². The maximum Gasteiger partial charge on any atom is 0.325 e. The summed E-state index contributed by atoms with van der Waals surface area (Å²) in [5.41, 5.74) is 7.06. The van der Waals surface area contributed by atoms with Crippen LogP contribution in [0.15, 0.2) is 22.7 Å². The van der Waals surface area contributed by atoms with Crippen molar-refractivity contribution in [1.82, 2.24) is 0 Å². The first kappa shape index (κ1) is 10.2. The van der Waals surface area contributed by atoms with Gasteiger partial charge in [-0.2, -0.15) is 0 Å². The van der Waals surface area contributed by atoms with Gasteiger partial charge >= 0.3 is 5.97 Å². The van der Waals surface area contributed by atoms with Crippen LogP contribution in [0.2, 0.25) is 0 Å². The number of aliphatic carboxylic acids is 1. The zero-order chi connectivity index (χ0) is 10.0. The first-order chi connectivity index (χ1) is 6.04. The van der Waals surface area contributed by atoms with E-state index in [1.807, 2.05) is 13.0 Å². The van der Waals surface area contributed by atoms with Gasteiger partial charge in [-0.1, -0.05) is 34.1 Å². The fourth-order valence-corrected chi connectivity index (χ4v) is 1.55. The average Bonchev–Trinajstić information content (AvgIpc) is 2.08. The lowest BCUT2D eigenvalue weighted by Gasteiger charge is -2.10. The Morgan fingerprint density at radius 3 is 2.77 bits per heavy atom. The lowest BCUT2D eigenvalue weighted by Crippen LogP contribution is -2.21. The molecular weight excluding hydrogens is 234 g/mol. The van der Waals surface area contributed by atoms with E-state index >= 15 is 0 Å². The van der Waals surface area contributed by atoms with E-state index in [1.165, 1.54) is 0 Å². The molecule has 3 N–H and O–H groups in total. The van der Waals surface area contributed by atoms with Crippen molar-refractivity contribution in [3.05, 3.63) is 33.8 Å². The third kappa shape index (κ3) is 2.08. The van der Waals surface area contributed by atoms with Gasteiger partial charge in [-0.15, -0.1) is 0 Å². The second-order valence-electron chi connectivity index (χ2n) is 2.79. The fraction of sp³-hybridized carbons (Fsp3) is 0.222. The van der Waals surface area contributed by atoms with E-state index in [0.717, 1.165) is 10.0 Å². The summed E-state index contributed by atoms with van der Waals surface area (Å²) in [6, 6.07) is 4.42. The van der Waals surface area contributed by atoms with Gasteiger partial charge in [-0.3, -0.25) is 4.79 Å². The molecule has 0 fully saturated rings. The van der Waals surface area contributed by atoms with Gasteiger partial charge in [0.15, 0.2) is 0 Å². The van der Waals surface area contributed by atoms with E-state index in [0.29, 0.717) is 5.56 Å². The standard InChI is InChI=1S/C9H10BrNO2/c1-5-3-2-4-6(7(5)10)8(11)9(12)13/h2-4,8H,11H2,1H3,(H,12,13)/t8-/m1/s1. The van der Waals surface area contributed by atoms with Gasteiger partial charge in [0.2, 0.25) is 0 Å². The van der Waals surface area contributed by atoms with Crippen LogP contribution in [0.4, 0.5) is 0 Å². The van der Waals surface area contributed by atoms with Crippen LogP contribution >= 0.6 is 15.9 Å². The number of carboxylic acid groups (broad SMARTS) is 1. The molecule has 0 unspecified atom stereocenters. The molecule has 0 saturated heterocycles. The normalized spacial score (nSPS) is 12.5. The zero-order valence-corrected chi connectivity index (χ0v) is 8.71. The Morgan fingerprint density at radius 2 is 2.23 bits per heavy atom. The van der Waals surface area contributed by atoms with Crippen molar-refractivity contribution in [2.75, 3.05) is 0 Å². The van der Waals surface area contributed by atoms with Gasteiger partial charge in [0.1, 0.15) is 6.04 Å². The summed E-state index contributed by atoms with van der Waals surface area (Å²) in [6.45, 7) is 1.89. The number of carbonyl (C=O) groups is 1. The summed E-state index contributed by atoms with van der Waals surface area (Å²) in [4.78, 5) is 10.6. The van der Waals surface area contributed by atoms with Gasteiger partial charge in [-0.25, -0.2) is 0 Å². The predicted octanol–water partition coefficient (Wildman–Crippen LogP) is 1.84. The van der Waals surface area contributed by atoms with E-state index in [2.05, 4.69) is 15.9 Å². The molecule has 1 atom stereocenters. The van der Waals surface area contributed by atoms with Crippen molar-refractivity contribution < 1.29 is 9.90 Å². The van der Waals surface area contributed by atoms with E-state index in [4.69, 9.17) is 10.8 Å². The molecule has 70 valence electrons. The Morgan fingerprint density at radius 1 is 1.62 bits per heavy atom. The lowest BCUT2D eigenvalue weighted by atomic mass is 10.1. The van der Waals surface area contributed by atoms with Crippen LogP contribution in [0, 0.1) is 6.92 Å². The molecule has 0 aliphatic rings. The van der Waals surface area contributed by atoms with Crippen LogP contribution in [0.1, 0.15) is 17.2 Å². The van der Waals surface area contributed by atoms with Gasteiger partial charge in [0.25, 0.3) is 0 Å². The Bertz CT molecular complexity index is 338. The molecule has 0 amide bonds. The van der Waals surface area contributed by atoms with Crippen LogP contribution in [0.25, 0.3) is 0 Å². The topological polar surface area (TPSA) is 63.3 Å². The van der Waals surface area contributed by atoms with Gasteiger partial charge in [0, 0.05) is 4.47 Å². The fourth-order valence-electron chi connectivity index (χ4n) is 1.04. The molecule has 13 heavy (non-hydrogen) atoms. The van der Waals surface area contributed by atoms with E-state index < -0.39 is 12.0 Å². The van der Waals surface area contributed by atoms with E-state index in [-0.39, 0.29) is 0 Å². The van der Waals surface area contributed by atoms with Crippen LogP contribution in [-0.2, 0) is 4.79 Å². The molecule has 0 aromatic heterocycles. The molecular formula is C9H10BrNO2. The molecule has 0 heterocycles. The van der Waals surface area contributed by atoms with E-state index in [1.54, 1.807) is 12.1 Å². The monoisotopic (exact) mass is 243 g/mol. The van der Waals surface area contributed by atoms with Gasteiger partial charge in [-0.05, 0) is 18.1 Å². The number of nitrogens with two attached hydrogens (primary N) is 1. The molecule has 3 nitrogen and oxygen atoms in total. The number of aryl methyl sites for hydroxylation is 1. The highest BCUT2D eigenvalue weighted by Crippen LogP contribution is 2.25. The van der Waals surface area contributed by atoms with Gasteiger partial charge < -0.3 is 10.8 Å². The molecule has 0 spiro atoms. The maximum atomic E-state index is 10.6. The number of hydrogen-bond acceptors (Lipinski definition) is 2. The molecule has 1 aromatic rings. The van der Waals surface area contributed by atoms with Crippen molar-refractivity contribution in [1.29, 1.82) is 0 Å². The second-order valence-corrected chi connectivity index (χ2v) is 3.59. The molecule has 4 heteroatoms. The summed E-state index contributed by atoms with van der Waals surface area (Å²) in [6.07, 6.45) is 0. The van der Waals surface area contributed by atoms with Crippen molar-refractivity contribution in [2.45, 2.75) is 13.0 Å². The molecule has 1 aromatic carbocycles. The maximum absolute atomic E-state index is 10.6. The minimum absolute atomic E-state index is 0.604. The molecule has 0 radical (unpaired) electrons. The molecule has 0 aliphatic heterocycles. The number of benzene rings is 1. The number of halogens is 1. The Hall–Kier alpha value is -0.870. The summed E-state index contributed by atoms with van der Waals surface area (Å²) < 4.78 is 0.768. The summed E-state index contributed by atoms with van der Waals surface area (Å²) in [5, 5.41) is 8.70. The Balaban J connectivity index is 3.15. The van der Waals surface area contributed by atoms with Gasteiger partial charge in [0.05, 0.1) is 0 Å². The highest BCUT2D eigenvalue weighted by molar-refractivity contribution is 9.10. The third-order valence-electron chi connectivity index (χ3n) is 1.82. The lowest BCUT2D eigenvalue weighted by molar-refractivity contribution is -0.138. The first-order valence-electron chi connectivity index (χ1n) is 3.77.